The lowest BCUT2D eigenvalue weighted by atomic mass is 10.2. The van der Waals surface area contributed by atoms with E-state index < -0.39 is 28.4 Å². The molecule has 1 aromatic heterocycles. The van der Waals surface area contributed by atoms with Gasteiger partial charge in [0, 0.05) is 17.1 Å². The molecule has 0 aliphatic heterocycles. The van der Waals surface area contributed by atoms with Crippen molar-refractivity contribution in [2.45, 2.75) is 4.90 Å². The van der Waals surface area contributed by atoms with Crippen LogP contribution in [0.2, 0.25) is 0 Å². The van der Waals surface area contributed by atoms with E-state index in [0.29, 0.717) is 0 Å². The summed E-state index contributed by atoms with van der Waals surface area (Å²) in [5.74, 6) is -1.76. The van der Waals surface area contributed by atoms with Crippen molar-refractivity contribution in [3.05, 3.63) is 41.4 Å². The molecule has 8 nitrogen and oxygen atoms in total. The Morgan fingerprint density at radius 2 is 1.91 bits per heavy atom. The first-order chi connectivity index (χ1) is 10.4. The zero-order chi connectivity index (χ0) is 16.2. The van der Waals surface area contributed by atoms with Crippen molar-refractivity contribution in [2.24, 2.45) is 0 Å². The summed E-state index contributed by atoms with van der Waals surface area (Å²) >= 11 is 1.14. The second-order valence-corrected chi connectivity index (χ2v) is 6.62. The van der Waals surface area contributed by atoms with Crippen LogP contribution in [0.5, 0.6) is 0 Å². The minimum Gasteiger partial charge on any atom is -0.480 e. The van der Waals surface area contributed by atoms with Crippen molar-refractivity contribution >= 4 is 38.4 Å². The maximum absolute atomic E-state index is 12.1. The highest BCUT2D eigenvalue weighted by molar-refractivity contribution is 7.93. The molecular formula is C12H11N3O5S2. The number of amides is 1. The third-order valence-corrected chi connectivity index (χ3v) is 4.65. The van der Waals surface area contributed by atoms with Crippen LogP contribution in [-0.4, -0.2) is 36.9 Å². The molecule has 0 saturated heterocycles. The second-order valence-electron chi connectivity index (χ2n) is 4.04. The van der Waals surface area contributed by atoms with Gasteiger partial charge in [-0.2, -0.15) is 0 Å². The zero-order valence-corrected chi connectivity index (χ0v) is 12.6. The lowest BCUT2D eigenvalue weighted by Gasteiger charge is -2.06. The number of hydrogen-bond acceptors (Lipinski definition) is 6. The van der Waals surface area contributed by atoms with E-state index in [1.807, 2.05) is 0 Å². The number of sulfonamides is 1. The van der Waals surface area contributed by atoms with Crippen LogP contribution >= 0.6 is 11.3 Å². The molecular weight excluding hydrogens is 330 g/mol. The Morgan fingerprint density at radius 3 is 2.45 bits per heavy atom. The van der Waals surface area contributed by atoms with Crippen molar-refractivity contribution in [3.63, 3.8) is 0 Å². The highest BCUT2D eigenvalue weighted by Gasteiger charge is 2.16. The molecule has 0 aliphatic rings. The molecule has 2 rings (SSSR count). The van der Waals surface area contributed by atoms with Crippen molar-refractivity contribution < 1.29 is 23.1 Å². The quantitative estimate of drug-likeness (QED) is 0.712. The second kappa shape index (κ2) is 6.54. The van der Waals surface area contributed by atoms with Crippen LogP contribution in [0, 0.1) is 0 Å². The first-order valence-electron chi connectivity index (χ1n) is 5.91. The molecule has 0 saturated carbocycles. The summed E-state index contributed by atoms with van der Waals surface area (Å²) in [6.07, 6.45) is 1.47. The number of carbonyl (C=O) groups excluding carboxylic acids is 1. The van der Waals surface area contributed by atoms with Crippen LogP contribution in [0.15, 0.2) is 40.7 Å². The summed E-state index contributed by atoms with van der Waals surface area (Å²) in [5, 5.41) is 12.5. The van der Waals surface area contributed by atoms with Crippen molar-refractivity contribution in [1.29, 1.82) is 0 Å². The monoisotopic (exact) mass is 341 g/mol. The summed E-state index contributed by atoms with van der Waals surface area (Å²) in [6.45, 7) is -0.509. The molecule has 22 heavy (non-hydrogen) atoms. The number of rotatable bonds is 6. The Bertz CT molecular complexity index is 770. The molecule has 1 aromatic carbocycles. The van der Waals surface area contributed by atoms with Crippen LogP contribution < -0.4 is 10.0 Å². The van der Waals surface area contributed by atoms with E-state index in [2.05, 4.69) is 15.0 Å². The van der Waals surface area contributed by atoms with Gasteiger partial charge in [0.2, 0.25) is 0 Å². The fourth-order valence-electron chi connectivity index (χ4n) is 1.49. The lowest BCUT2D eigenvalue weighted by molar-refractivity contribution is -0.135. The van der Waals surface area contributed by atoms with E-state index in [9.17, 15) is 18.0 Å². The molecule has 0 radical (unpaired) electrons. The smallest absolute Gasteiger partial charge is 0.322 e. The van der Waals surface area contributed by atoms with Crippen molar-refractivity contribution in [3.8, 4) is 0 Å². The highest BCUT2D eigenvalue weighted by atomic mass is 32.2. The number of carboxylic acid groups (broad SMARTS) is 1. The Balaban J connectivity index is 2.11. The highest BCUT2D eigenvalue weighted by Crippen LogP contribution is 2.18. The summed E-state index contributed by atoms with van der Waals surface area (Å²) in [7, 11) is -3.78. The van der Waals surface area contributed by atoms with E-state index in [0.717, 1.165) is 11.3 Å². The number of benzene rings is 1. The summed E-state index contributed by atoms with van der Waals surface area (Å²) < 4.78 is 26.5. The Kier molecular flexibility index (Phi) is 4.73. The number of thiazole rings is 1. The number of anilines is 1. The third kappa shape index (κ3) is 4.02. The molecule has 116 valence electrons. The van der Waals surface area contributed by atoms with Crippen LogP contribution in [0.25, 0.3) is 0 Å². The number of nitrogens with one attached hydrogen (secondary N) is 2. The minimum atomic E-state index is -3.78. The molecule has 0 unspecified atom stereocenters. The maximum atomic E-state index is 12.1. The number of aromatic nitrogens is 1. The number of nitrogens with zero attached hydrogens (tertiary/aromatic N) is 1. The van der Waals surface area contributed by atoms with Crippen molar-refractivity contribution in [2.75, 3.05) is 11.3 Å². The standard InChI is InChI=1S/C12H11N3O5S2/c16-10(17)7-14-11(18)8-1-3-9(4-2-8)22(19,20)15-12-13-5-6-21-12/h1-6H,7H2,(H,13,15)(H,14,18)(H,16,17). The zero-order valence-electron chi connectivity index (χ0n) is 11.0. The molecule has 3 N–H and O–H groups in total. The van der Waals surface area contributed by atoms with E-state index in [-0.39, 0.29) is 15.6 Å². The summed E-state index contributed by atoms with van der Waals surface area (Å²) in [5.41, 5.74) is 0.162. The Hall–Kier alpha value is -2.46. The van der Waals surface area contributed by atoms with Gasteiger partial charge in [0.1, 0.15) is 6.54 Å². The van der Waals surface area contributed by atoms with Gasteiger partial charge in [0.05, 0.1) is 4.90 Å². The van der Waals surface area contributed by atoms with Gasteiger partial charge in [-0.3, -0.25) is 14.3 Å². The molecule has 0 fully saturated rings. The normalized spacial score (nSPS) is 10.9. The van der Waals surface area contributed by atoms with E-state index in [1.54, 1.807) is 5.38 Å². The molecule has 10 heteroatoms. The first-order valence-corrected chi connectivity index (χ1v) is 8.27. The van der Waals surface area contributed by atoms with Crippen LogP contribution in [-0.2, 0) is 14.8 Å². The SMILES string of the molecule is O=C(O)CNC(=O)c1ccc(S(=O)(=O)Nc2nccs2)cc1. The lowest BCUT2D eigenvalue weighted by Crippen LogP contribution is -2.29. The summed E-state index contributed by atoms with van der Waals surface area (Å²) in [6, 6.07) is 5.11. The fraction of sp³-hybridized carbons (Fsp3) is 0.0833. The predicted octanol–water partition coefficient (Wildman–Crippen LogP) is 0.758. The van der Waals surface area contributed by atoms with Crippen LogP contribution in [0.3, 0.4) is 0 Å². The minimum absolute atomic E-state index is 0.0301. The molecule has 1 amide bonds. The molecule has 0 aliphatic carbocycles. The molecule has 0 spiro atoms. The Labute approximate surface area is 129 Å². The van der Waals surface area contributed by atoms with Gasteiger partial charge in [-0.15, -0.1) is 11.3 Å². The van der Waals surface area contributed by atoms with Gasteiger partial charge >= 0.3 is 5.97 Å². The number of carbonyl (C=O) groups is 2. The first kappa shape index (κ1) is 15.9. The number of aliphatic carboxylic acids is 1. The topological polar surface area (TPSA) is 125 Å². The number of hydrogen-bond donors (Lipinski definition) is 3. The van der Waals surface area contributed by atoms with Gasteiger partial charge in [0.15, 0.2) is 5.13 Å². The largest absolute Gasteiger partial charge is 0.480 e. The number of carboxylic acids is 1. The molecule has 2 aromatic rings. The third-order valence-electron chi connectivity index (χ3n) is 2.48. The van der Waals surface area contributed by atoms with Crippen LogP contribution in [0.1, 0.15) is 10.4 Å². The predicted molar refractivity (Wildman–Crippen MR) is 79.3 cm³/mol. The Morgan fingerprint density at radius 1 is 1.23 bits per heavy atom. The molecule has 1 heterocycles. The van der Waals surface area contributed by atoms with Gasteiger partial charge in [-0.05, 0) is 24.3 Å². The molecule has 0 atom stereocenters. The van der Waals surface area contributed by atoms with Crippen molar-refractivity contribution in [1.82, 2.24) is 10.3 Å². The summed E-state index contributed by atoms with van der Waals surface area (Å²) in [4.78, 5) is 25.8. The maximum Gasteiger partial charge on any atom is 0.322 e. The average Bonchev–Trinajstić information content (AvgIpc) is 2.97. The van der Waals surface area contributed by atoms with Gasteiger partial charge in [-0.1, -0.05) is 0 Å². The van der Waals surface area contributed by atoms with Gasteiger partial charge in [-0.25, -0.2) is 13.4 Å². The van der Waals surface area contributed by atoms with Crippen LogP contribution in [0.4, 0.5) is 5.13 Å². The molecule has 0 bridgehead atoms. The van der Waals surface area contributed by atoms with E-state index in [1.165, 1.54) is 30.5 Å². The average molecular weight is 341 g/mol. The van der Waals surface area contributed by atoms with Gasteiger partial charge in [0.25, 0.3) is 15.9 Å². The van der Waals surface area contributed by atoms with E-state index in [4.69, 9.17) is 5.11 Å². The fourth-order valence-corrected chi connectivity index (χ4v) is 3.28. The van der Waals surface area contributed by atoms with Gasteiger partial charge < -0.3 is 10.4 Å². The van der Waals surface area contributed by atoms with E-state index >= 15 is 0 Å².